The fraction of sp³-hybridized carbons (Fsp3) is 0.727. The molecule has 1 aromatic heterocycles. The van der Waals surface area contributed by atoms with Crippen molar-refractivity contribution in [2.24, 2.45) is 11.3 Å². The highest BCUT2D eigenvalue weighted by Gasteiger charge is 2.71. The Morgan fingerprint density at radius 2 is 2.37 bits per heavy atom. The second-order valence-corrected chi connectivity index (χ2v) is 5.17. The first-order valence-corrected chi connectivity index (χ1v) is 6.01. The largest absolute Gasteiger partial charge is 0.463 e. The van der Waals surface area contributed by atoms with Crippen molar-refractivity contribution in [3.63, 3.8) is 0 Å². The highest BCUT2D eigenvalue weighted by Crippen LogP contribution is 2.67. The van der Waals surface area contributed by atoms with Crippen LogP contribution in [0.5, 0.6) is 0 Å². The molecule has 1 unspecified atom stereocenters. The second kappa shape index (κ2) is 3.99. The molecule has 2 saturated carbocycles. The number of aromatic nitrogens is 3. The predicted octanol–water partition coefficient (Wildman–Crippen LogP) is -1.66. The first-order valence-electron chi connectivity index (χ1n) is 6.01. The fourth-order valence-corrected chi connectivity index (χ4v) is 3.14. The SMILES string of the molecule is COC(=O)c1ncn([C@@H]2[C@H]3C[C@@]3(CO)C(O)[C@@H]2O)n1. The van der Waals surface area contributed by atoms with E-state index in [1.54, 1.807) is 0 Å². The van der Waals surface area contributed by atoms with Gasteiger partial charge in [-0.2, -0.15) is 0 Å². The zero-order valence-electron chi connectivity index (χ0n) is 10.3. The van der Waals surface area contributed by atoms with Gasteiger partial charge in [-0.15, -0.1) is 5.10 Å². The van der Waals surface area contributed by atoms with Crippen molar-refractivity contribution in [2.45, 2.75) is 24.7 Å². The van der Waals surface area contributed by atoms with E-state index in [2.05, 4.69) is 14.8 Å². The number of hydrogen-bond acceptors (Lipinski definition) is 7. The smallest absolute Gasteiger partial charge is 0.377 e. The van der Waals surface area contributed by atoms with Gasteiger partial charge in [0.05, 0.1) is 25.9 Å². The molecule has 3 N–H and O–H groups in total. The predicted molar refractivity (Wildman–Crippen MR) is 60.0 cm³/mol. The average molecular weight is 269 g/mol. The summed E-state index contributed by atoms with van der Waals surface area (Å²) in [5.74, 6) is -0.808. The maximum Gasteiger partial charge on any atom is 0.377 e. The summed E-state index contributed by atoms with van der Waals surface area (Å²) < 4.78 is 5.88. The van der Waals surface area contributed by atoms with Crippen LogP contribution < -0.4 is 0 Å². The summed E-state index contributed by atoms with van der Waals surface area (Å²) in [5, 5.41) is 33.4. The van der Waals surface area contributed by atoms with Gasteiger partial charge in [-0.1, -0.05) is 0 Å². The molecule has 0 spiro atoms. The van der Waals surface area contributed by atoms with Gasteiger partial charge in [-0.25, -0.2) is 14.5 Å². The molecule has 8 nitrogen and oxygen atoms in total. The van der Waals surface area contributed by atoms with Crippen molar-refractivity contribution in [3.05, 3.63) is 12.2 Å². The monoisotopic (exact) mass is 269 g/mol. The maximum absolute atomic E-state index is 11.3. The van der Waals surface area contributed by atoms with Crippen LogP contribution in [0.25, 0.3) is 0 Å². The number of nitrogens with zero attached hydrogens (tertiary/aromatic N) is 3. The molecule has 3 rings (SSSR count). The van der Waals surface area contributed by atoms with Crippen LogP contribution in [0.15, 0.2) is 6.33 Å². The van der Waals surface area contributed by atoms with Crippen molar-refractivity contribution in [1.82, 2.24) is 14.8 Å². The Balaban J connectivity index is 1.88. The van der Waals surface area contributed by atoms with Gasteiger partial charge in [-0.05, 0) is 12.3 Å². The molecular formula is C11H15N3O5. The minimum absolute atomic E-state index is 0.0605. The normalized spacial score (nSPS) is 40.0. The molecule has 1 heterocycles. The lowest BCUT2D eigenvalue weighted by Crippen LogP contribution is -2.35. The van der Waals surface area contributed by atoms with Crippen molar-refractivity contribution in [3.8, 4) is 0 Å². The standard InChI is InChI=1S/C11H15N3O5/c1-19-10(18)9-12-4-14(13-9)6-5-2-11(5,3-15)8(17)7(6)16/h4-8,15-17H,2-3H2,1H3/t5-,6-,7-,8?,11+/m1/s1. The Morgan fingerprint density at radius 3 is 2.95 bits per heavy atom. The van der Waals surface area contributed by atoms with Crippen LogP contribution in [0.3, 0.4) is 0 Å². The van der Waals surface area contributed by atoms with Gasteiger partial charge in [-0.3, -0.25) is 0 Å². The summed E-state index contributed by atoms with van der Waals surface area (Å²) in [6.45, 7) is -0.176. The van der Waals surface area contributed by atoms with Gasteiger partial charge in [0.2, 0.25) is 0 Å². The Kier molecular flexibility index (Phi) is 2.63. The molecule has 0 bridgehead atoms. The Labute approximate surface area is 108 Å². The third kappa shape index (κ3) is 1.54. The van der Waals surface area contributed by atoms with Crippen LogP contribution in [0.2, 0.25) is 0 Å². The molecule has 2 fully saturated rings. The fourth-order valence-electron chi connectivity index (χ4n) is 3.14. The number of hydrogen-bond donors (Lipinski definition) is 3. The van der Waals surface area contributed by atoms with Gasteiger partial charge in [0, 0.05) is 5.41 Å². The van der Waals surface area contributed by atoms with E-state index >= 15 is 0 Å². The van der Waals surface area contributed by atoms with Crippen LogP contribution in [-0.2, 0) is 4.74 Å². The van der Waals surface area contributed by atoms with Crippen molar-refractivity contribution in [2.75, 3.05) is 13.7 Å². The van der Waals surface area contributed by atoms with E-state index in [4.69, 9.17) is 0 Å². The van der Waals surface area contributed by atoms with Crippen LogP contribution in [0.4, 0.5) is 0 Å². The number of aliphatic hydroxyl groups excluding tert-OH is 3. The van der Waals surface area contributed by atoms with Crippen molar-refractivity contribution >= 4 is 5.97 Å². The molecule has 2 aliphatic carbocycles. The lowest BCUT2D eigenvalue weighted by Gasteiger charge is -2.22. The summed E-state index contributed by atoms with van der Waals surface area (Å²) in [7, 11) is 1.23. The molecule has 104 valence electrons. The highest BCUT2D eigenvalue weighted by molar-refractivity contribution is 5.84. The summed E-state index contributed by atoms with van der Waals surface area (Å²) in [6.07, 6.45) is -0.0605. The van der Waals surface area contributed by atoms with Crippen LogP contribution in [0, 0.1) is 11.3 Å². The third-order valence-electron chi connectivity index (χ3n) is 4.33. The van der Waals surface area contributed by atoms with E-state index < -0.39 is 29.6 Å². The summed E-state index contributed by atoms with van der Waals surface area (Å²) in [6, 6.07) is -0.479. The Hall–Kier alpha value is -1.51. The Morgan fingerprint density at radius 1 is 1.63 bits per heavy atom. The first-order chi connectivity index (χ1) is 9.05. The van der Waals surface area contributed by atoms with E-state index in [1.165, 1.54) is 18.1 Å². The zero-order chi connectivity index (χ0) is 13.8. The number of fused-ring (bicyclic) bond motifs is 1. The second-order valence-electron chi connectivity index (χ2n) is 5.17. The molecule has 0 saturated heterocycles. The minimum Gasteiger partial charge on any atom is -0.463 e. The van der Waals surface area contributed by atoms with E-state index in [0.29, 0.717) is 6.42 Å². The van der Waals surface area contributed by atoms with Gasteiger partial charge in [0.1, 0.15) is 12.4 Å². The zero-order valence-corrected chi connectivity index (χ0v) is 10.3. The van der Waals surface area contributed by atoms with Gasteiger partial charge in [0.15, 0.2) is 0 Å². The summed E-state index contributed by atoms with van der Waals surface area (Å²) in [5.41, 5.74) is -0.637. The molecule has 8 heteroatoms. The van der Waals surface area contributed by atoms with Gasteiger partial charge >= 0.3 is 5.97 Å². The van der Waals surface area contributed by atoms with Gasteiger partial charge in [0.25, 0.3) is 5.82 Å². The molecule has 0 aromatic carbocycles. The number of carbonyl (C=O) groups excluding carboxylic acids is 1. The van der Waals surface area contributed by atoms with Gasteiger partial charge < -0.3 is 20.1 Å². The number of ether oxygens (including phenoxy) is 1. The summed E-state index contributed by atoms with van der Waals surface area (Å²) in [4.78, 5) is 15.1. The average Bonchev–Trinajstić information content (AvgIpc) is 2.86. The first kappa shape index (κ1) is 12.5. The number of carbonyl (C=O) groups is 1. The number of methoxy groups -OCH3 is 1. The molecule has 0 amide bonds. The lowest BCUT2D eigenvalue weighted by atomic mass is 10.0. The maximum atomic E-state index is 11.3. The van der Waals surface area contributed by atoms with E-state index in [-0.39, 0.29) is 18.3 Å². The topological polar surface area (TPSA) is 118 Å². The molecule has 19 heavy (non-hydrogen) atoms. The number of rotatable bonds is 3. The highest BCUT2D eigenvalue weighted by atomic mass is 16.5. The molecular weight excluding hydrogens is 254 g/mol. The minimum atomic E-state index is -1.03. The lowest BCUT2D eigenvalue weighted by molar-refractivity contribution is -0.0318. The summed E-state index contributed by atoms with van der Waals surface area (Å²) >= 11 is 0. The molecule has 0 aliphatic heterocycles. The van der Waals surface area contributed by atoms with E-state index in [0.717, 1.165) is 0 Å². The molecule has 0 radical (unpaired) electrons. The molecule has 5 atom stereocenters. The van der Waals surface area contributed by atoms with Crippen molar-refractivity contribution < 1.29 is 24.9 Å². The molecule has 2 aliphatic rings. The number of esters is 1. The van der Waals surface area contributed by atoms with Crippen LogP contribution in [0.1, 0.15) is 23.1 Å². The van der Waals surface area contributed by atoms with E-state index in [1.807, 2.05) is 0 Å². The van der Waals surface area contributed by atoms with E-state index in [9.17, 15) is 20.1 Å². The Bertz CT molecular complexity index is 518. The molecule has 1 aromatic rings. The number of aliphatic hydroxyl groups is 3. The third-order valence-corrected chi connectivity index (χ3v) is 4.33. The van der Waals surface area contributed by atoms with Crippen LogP contribution in [-0.4, -0.2) is 62.0 Å². The quantitative estimate of drug-likeness (QED) is 0.562. The van der Waals surface area contributed by atoms with Crippen LogP contribution >= 0.6 is 0 Å². The van der Waals surface area contributed by atoms with Crippen molar-refractivity contribution in [1.29, 1.82) is 0 Å².